The molecule has 1 fully saturated rings. The summed E-state index contributed by atoms with van der Waals surface area (Å²) in [6, 6.07) is 16.9. The van der Waals surface area contributed by atoms with Crippen molar-refractivity contribution in [1.29, 1.82) is 0 Å². The maximum Gasteiger partial charge on any atom is 0.119 e. The molecule has 0 spiro atoms. The van der Waals surface area contributed by atoms with Gasteiger partial charge in [0, 0.05) is 43.7 Å². The van der Waals surface area contributed by atoms with Crippen LogP contribution in [0.4, 0.5) is 0 Å². The zero-order chi connectivity index (χ0) is 14.2. The molecule has 2 atom stereocenters. The van der Waals surface area contributed by atoms with E-state index in [-0.39, 0.29) is 5.92 Å². The monoisotopic (exact) mass is 280 g/mol. The maximum atomic E-state index is 10.4. The highest BCUT2D eigenvalue weighted by molar-refractivity contribution is 5.50. The lowest BCUT2D eigenvalue weighted by Gasteiger charge is -2.44. The molecule has 21 heavy (non-hydrogen) atoms. The molecular weight excluding hydrogens is 260 g/mol. The van der Waals surface area contributed by atoms with E-state index in [1.165, 1.54) is 11.1 Å². The Bertz CT molecular complexity index is 641. The Balaban J connectivity index is 1.85. The molecule has 0 amide bonds. The molecule has 2 aliphatic heterocycles. The highest BCUT2D eigenvalue weighted by Crippen LogP contribution is 2.43. The molecule has 2 heterocycles. The van der Waals surface area contributed by atoms with Crippen molar-refractivity contribution in [3.8, 4) is 5.75 Å². The maximum absolute atomic E-state index is 10.4. The van der Waals surface area contributed by atoms with Gasteiger partial charge >= 0.3 is 0 Å². The fraction of sp³-hybridized carbons (Fsp3) is 0.333. The van der Waals surface area contributed by atoms with Crippen LogP contribution in [0.5, 0.6) is 5.75 Å². The van der Waals surface area contributed by atoms with Crippen molar-refractivity contribution in [2.24, 2.45) is 0 Å². The normalized spacial score (nSPS) is 25.1. The average Bonchev–Trinajstić information content (AvgIpc) is 2.55. The third kappa shape index (κ3) is 2.13. The number of benzene rings is 2. The van der Waals surface area contributed by atoms with E-state index < -0.39 is 0 Å². The van der Waals surface area contributed by atoms with Crippen molar-refractivity contribution in [2.75, 3.05) is 26.2 Å². The molecule has 2 aromatic carbocycles. The standard InChI is InChI=1S/C18H20N2O/c21-17-8-4-7-14-16-11-19-9-10-20(16)12-15(18(14)17)13-5-2-1-3-6-13/h1-8,15-16,19,21H,9-12H2/t15-,16+/m1/s1. The van der Waals surface area contributed by atoms with Crippen LogP contribution in [0.1, 0.15) is 28.7 Å². The van der Waals surface area contributed by atoms with Gasteiger partial charge in [0.05, 0.1) is 0 Å². The molecule has 0 bridgehead atoms. The number of piperazine rings is 1. The molecule has 4 rings (SSSR count). The topological polar surface area (TPSA) is 35.5 Å². The number of aromatic hydroxyl groups is 1. The number of phenols is 1. The molecule has 0 unspecified atom stereocenters. The molecule has 2 aromatic rings. The summed E-state index contributed by atoms with van der Waals surface area (Å²) in [5, 5.41) is 13.9. The lowest BCUT2D eigenvalue weighted by atomic mass is 9.80. The van der Waals surface area contributed by atoms with Crippen LogP contribution in [-0.2, 0) is 0 Å². The zero-order valence-corrected chi connectivity index (χ0v) is 12.0. The first-order valence-electron chi connectivity index (χ1n) is 7.66. The smallest absolute Gasteiger partial charge is 0.119 e. The van der Waals surface area contributed by atoms with Gasteiger partial charge in [0.1, 0.15) is 5.75 Å². The van der Waals surface area contributed by atoms with Crippen molar-refractivity contribution in [1.82, 2.24) is 10.2 Å². The van der Waals surface area contributed by atoms with Gasteiger partial charge < -0.3 is 10.4 Å². The predicted molar refractivity (Wildman–Crippen MR) is 83.6 cm³/mol. The Kier molecular flexibility index (Phi) is 3.17. The molecule has 0 aromatic heterocycles. The quantitative estimate of drug-likeness (QED) is 0.842. The van der Waals surface area contributed by atoms with Gasteiger partial charge in [0.15, 0.2) is 0 Å². The van der Waals surface area contributed by atoms with Gasteiger partial charge in [-0.05, 0) is 17.2 Å². The van der Waals surface area contributed by atoms with E-state index in [0.29, 0.717) is 11.8 Å². The number of rotatable bonds is 1. The number of hydrogen-bond donors (Lipinski definition) is 2. The van der Waals surface area contributed by atoms with Gasteiger partial charge in [-0.15, -0.1) is 0 Å². The van der Waals surface area contributed by atoms with Gasteiger partial charge in [0.2, 0.25) is 0 Å². The molecule has 0 radical (unpaired) electrons. The summed E-state index contributed by atoms with van der Waals surface area (Å²) in [5.41, 5.74) is 3.69. The Morgan fingerprint density at radius 1 is 1.05 bits per heavy atom. The van der Waals surface area contributed by atoms with Crippen LogP contribution < -0.4 is 5.32 Å². The molecule has 2 N–H and O–H groups in total. The van der Waals surface area contributed by atoms with Crippen LogP contribution in [0.2, 0.25) is 0 Å². The zero-order valence-electron chi connectivity index (χ0n) is 12.0. The number of nitrogens with one attached hydrogen (secondary N) is 1. The van der Waals surface area contributed by atoms with Gasteiger partial charge in [-0.1, -0.05) is 42.5 Å². The molecular formula is C18H20N2O. The van der Waals surface area contributed by atoms with Crippen LogP contribution in [0.3, 0.4) is 0 Å². The number of nitrogens with zero attached hydrogens (tertiary/aromatic N) is 1. The van der Waals surface area contributed by atoms with Gasteiger partial charge in [-0.2, -0.15) is 0 Å². The van der Waals surface area contributed by atoms with Gasteiger partial charge in [-0.3, -0.25) is 4.90 Å². The van der Waals surface area contributed by atoms with Crippen molar-refractivity contribution < 1.29 is 5.11 Å². The summed E-state index contributed by atoms with van der Waals surface area (Å²) >= 11 is 0. The van der Waals surface area contributed by atoms with Crippen LogP contribution >= 0.6 is 0 Å². The van der Waals surface area contributed by atoms with E-state index in [2.05, 4.69) is 40.5 Å². The second kappa shape index (κ2) is 5.17. The predicted octanol–water partition coefficient (Wildman–Crippen LogP) is 2.48. The van der Waals surface area contributed by atoms with Crippen LogP contribution in [0, 0.1) is 0 Å². The molecule has 3 nitrogen and oxygen atoms in total. The van der Waals surface area contributed by atoms with Gasteiger partial charge in [-0.25, -0.2) is 0 Å². The Morgan fingerprint density at radius 2 is 1.90 bits per heavy atom. The van der Waals surface area contributed by atoms with E-state index in [9.17, 15) is 5.11 Å². The Hall–Kier alpha value is -1.84. The lowest BCUT2D eigenvalue weighted by Crippen LogP contribution is -2.50. The van der Waals surface area contributed by atoms with Crippen LogP contribution in [-0.4, -0.2) is 36.2 Å². The second-order valence-electron chi connectivity index (χ2n) is 5.96. The van der Waals surface area contributed by atoms with E-state index in [4.69, 9.17) is 0 Å². The SMILES string of the molecule is Oc1cccc2c1[C@@H](c1ccccc1)CN1CCNC[C@@H]21. The van der Waals surface area contributed by atoms with E-state index in [1.54, 1.807) is 0 Å². The molecule has 0 aliphatic carbocycles. The number of fused-ring (bicyclic) bond motifs is 3. The summed E-state index contributed by atoms with van der Waals surface area (Å²) < 4.78 is 0. The summed E-state index contributed by atoms with van der Waals surface area (Å²) in [7, 11) is 0. The molecule has 2 aliphatic rings. The number of hydrogen-bond acceptors (Lipinski definition) is 3. The van der Waals surface area contributed by atoms with Crippen molar-refractivity contribution in [3.05, 3.63) is 65.2 Å². The first kappa shape index (κ1) is 12.9. The third-order valence-electron chi connectivity index (χ3n) is 4.80. The highest BCUT2D eigenvalue weighted by atomic mass is 16.3. The average molecular weight is 280 g/mol. The summed E-state index contributed by atoms with van der Waals surface area (Å²) in [6.07, 6.45) is 0. The molecule has 108 valence electrons. The number of phenolic OH excluding ortho intramolecular Hbond substituents is 1. The molecule has 0 saturated carbocycles. The second-order valence-corrected chi connectivity index (χ2v) is 5.96. The Morgan fingerprint density at radius 3 is 2.76 bits per heavy atom. The van der Waals surface area contributed by atoms with E-state index in [0.717, 1.165) is 31.7 Å². The third-order valence-corrected chi connectivity index (χ3v) is 4.80. The van der Waals surface area contributed by atoms with Crippen molar-refractivity contribution >= 4 is 0 Å². The minimum Gasteiger partial charge on any atom is -0.508 e. The minimum atomic E-state index is 0.261. The van der Waals surface area contributed by atoms with E-state index in [1.807, 2.05) is 18.2 Å². The summed E-state index contributed by atoms with van der Waals surface area (Å²) in [4.78, 5) is 2.55. The molecule has 1 saturated heterocycles. The molecule has 3 heteroatoms. The van der Waals surface area contributed by atoms with E-state index >= 15 is 0 Å². The largest absolute Gasteiger partial charge is 0.508 e. The summed E-state index contributed by atoms with van der Waals surface area (Å²) in [6.45, 7) is 4.08. The lowest BCUT2D eigenvalue weighted by molar-refractivity contribution is 0.142. The summed E-state index contributed by atoms with van der Waals surface area (Å²) in [5.74, 6) is 0.698. The Labute approximate surface area is 125 Å². The van der Waals surface area contributed by atoms with Crippen molar-refractivity contribution in [3.63, 3.8) is 0 Å². The minimum absolute atomic E-state index is 0.261. The van der Waals surface area contributed by atoms with Crippen molar-refractivity contribution in [2.45, 2.75) is 12.0 Å². The highest BCUT2D eigenvalue weighted by Gasteiger charge is 2.36. The first-order valence-corrected chi connectivity index (χ1v) is 7.66. The first-order chi connectivity index (χ1) is 10.3. The fourth-order valence-corrected chi connectivity index (χ4v) is 3.80. The fourth-order valence-electron chi connectivity index (χ4n) is 3.80. The van der Waals surface area contributed by atoms with Gasteiger partial charge in [0.25, 0.3) is 0 Å². The van der Waals surface area contributed by atoms with Crippen LogP contribution in [0.25, 0.3) is 0 Å². The van der Waals surface area contributed by atoms with Crippen LogP contribution in [0.15, 0.2) is 48.5 Å².